The average molecular weight is 232 g/mol. The molecule has 0 saturated heterocycles. The van der Waals surface area contributed by atoms with Gasteiger partial charge in [0.1, 0.15) is 11.5 Å². The number of ether oxygens (including phenoxy) is 1. The predicted octanol–water partition coefficient (Wildman–Crippen LogP) is 1.07. The lowest BCUT2D eigenvalue weighted by Gasteiger charge is -2.08. The summed E-state index contributed by atoms with van der Waals surface area (Å²) in [4.78, 5) is 10.9. The van der Waals surface area contributed by atoms with E-state index >= 15 is 0 Å². The van der Waals surface area contributed by atoms with Gasteiger partial charge < -0.3 is 9.84 Å². The lowest BCUT2D eigenvalue weighted by atomic mass is 10.1. The third kappa shape index (κ3) is 2.63. The largest absolute Gasteiger partial charge is 0.508 e. The van der Waals surface area contributed by atoms with Gasteiger partial charge in [-0.05, 0) is 24.3 Å². The number of aromatic hydroxyl groups is 1. The van der Waals surface area contributed by atoms with Gasteiger partial charge in [-0.15, -0.1) is 0 Å². The summed E-state index contributed by atoms with van der Waals surface area (Å²) in [7, 11) is 1.57. The number of hydrogen-bond donors (Lipinski definition) is 2. The maximum Gasteiger partial charge on any atom is 0.264 e. The molecule has 0 saturated carbocycles. The van der Waals surface area contributed by atoms with E-state index in [0.29, 0.717) is 17.9 Å². The van der Waals surface area contributed by atoms with Gasteiger partial charge in [-0.25, -0.2) is 5.10 Å². The molecular formula is C12H12N2O3. The maximum absolute atomic E-state index is 10.9. The lowest BCUT2D eigenvalue weighted by molar-refractivity contribution is 0.407. The van der Waals surface area contributed by atoms with E-state index in [2.05, 4.69) is 10.2 Å². The van der Waals surface area contributed by atoms with Crippen LogP contribution in [-0.4, -0.2) is 22.4 Å². The summed E-state index contributed by atoms with van der Waals surface area (Å²) < 4.78 is 5.19. The molecule has 1 aromatic carbocycles. The smallest absolute Gasteiger partial charge is 0.264 e. The standard InChI is InChI=1S/C12H12N2O3/c1-17-11-4-3-10(15)7-8(11)6-9-2-5-12(16)14-13-9/h2-5,7,15H,6H2,1H3,(H,14,16). The van der Waals surface area contributed by atoms with Crippen molar-refractivity contribution in [2.24, 2.45) is 0 Å². The minimum absolute atomic E-state index is 0.172. The van der Waals surface area contributed by atoms with Gasteiger partial charge in [-0.1, -0.05) is 0 Å². The molecule has 0 spiro atoms. The summed E-state index contributed by atoms with van der Waals surface area (Å²) >= 11 is 0. The summed E-state index contributed by atoms with van der Waals surface area (Å²) in [5.41, 5.74) is 1.28. The molecule has 0 unspecified atom stereocenters. The fourth-order valence-electron chi connectivity index (χ4n) is 1.57. The zero-order chi connectivity index (χ0) is 12.3. The fraction of sp³-hybridized carbons (Fsp3) is 0.167. The Labute approximate surface area is 97.7 Å². The number of phenols is 1. The van der Waals surface area contributed by atoms with Crippen LogP contribution < -0.4 is 10.3 Å². The Hall–Kier alpha value is -2.30. The van der Waals surface area contributed by atoms with Crippen molar-refractivity contribution >= 4 is 0 Å². The van der Waals surface area contributed by atoms with Gasteiger partial charge in [0.25, 0.3) is 5.56 Å². The first-order valence-electron chi connectivity index (χ1n) is 5.09. The number of H-pyrrole nitrogens is 1. The van der Waals surface area contributed by atoms with E-state index in [9.17, 15) is 9.90 Å². The highest BCUT2D eigenvalue weighted by molar-refractivity contribution is 5.41. The van der Waals surface area contributed by atoms with Crippen molar-refractivity contribution in [3.05, 3.63) is 51.9 Å². The normalized spacial score (nSPS) is 10.2. The van der Waals surface area contributed by atoms with Gasteiger partial charge in [0.05, 0.1) is 12.8 Å². The second-order valence-corrected chi connectivity index (χ2v) is 3.59. The molecule has 2 aromatic rings. The highest BCUT2D eigenvalue weighted by Gasteiger charge is 2.06. The molecule has 0 aliphatic heterocycles. The number of aromatic amines is 1. The van der Waals surface area contributed by atoms with Crippen LogP contribution in [-0.2, 0) is 6.42 Å². The first kappa shape index (κ1) is 11.2. The lowest BCUT2D eigenvalue weighted by Crippen LogP contribution is -2.08. The van der Waals surface area contributed by atoms with Crippen LogP contribution >= 0.6 is 0 Å². The zero-order valence-corrected chi connectivity index (χ0v) is 9.30. The van der Waals surface area contributed by atoms with Crippen LogP contribution in [0.25, 0.3) is 0 Å². The van der Waals surface area contributed by atoms with Crippen molar-refractivity contribution in [3.8, 4) is 11.5 Å². The molecule has 88 valence electrons. The molecule has 0 atom stereocenters. The van der Waals surface area contributed by atoms with Crippen LogP contribution in [0.5, 0.6) is 11.5 Å². The van der Waals surface area contributed by atoms with E-state index in [1.165, 1.54) is 6.07 Å². The van der Waals surface area contributed by atoms with E-state index in [1.54, 1.807) is 31.4 Å². The summed E-state index contributed by atoms with van der Waals surface area (Å²) in [6, 6.07) is 7.92. The molecule has 0 aliphatic rings. The van der Waals surface area contributed by atoms with Gasteiger partial charge in [-0.2, -0.15) is 5.10 Å². The monoisotopic (exact) mass is 232 g/mol. The summed E-state index contributed by atoms with van der Waals surface area (Å²) in [5.74, 6) is 0.848. The number of rotatable bonds is 3. The van der Waals surface area contributed by atoms with Crippen LogP contribution in [0.1, 0.15) is 11.3 Å². The van der Waals surface area contributed by atoms with Crippen LogP contribution in [0.15, 0.2) is 35.1 Å². The number of hydrogen-bond acceptors (Lipinski definition) is 4. The van der Waals surface area contributed by atoms with E-state index < -0.39 is 0 Å². The van der Waals surface area contributed by atoms with Crippen molar-refractivity contribution in [1.82, 2.24) is 10.2 Å². The van der Waals surface area contributed by atoms with E-state index in [-0.39, 0.29) is 11.3 Å². The number of nitrogens with one attached hydrogen (secondary N) is 1. The Balaban J connectivity index is 2.31. The Morgan fingerprint density at radius 2 is 2.18 bits per heavy atom. The van der Waals surface area contributed by atoms with Crippen LogP contribution in [0.2, 0.25) is 0 Å². The van der Waals surface area contributed by atoms with Crippen LogP contribution in [0, 0.1) is 0 Å². The maximum atomic E-state index is 10.9. The quantitative estimate of drug-likeness (QED) is 0.830. The van der Waals surface area contributed by atoms with Crippen LogP contribution in [0.3, 0.4) is 0 Å². The molecule has 2 rings (SSSR count). The Kier molecular flexibility index (Phi) is 3.09. The second-order valence-electron chi connectivity index (χ2n) is 3.59. The van der Waals surface area contributed by atoms with Crippen molar-refractivity contribution in [1.29, 1.82) is 0 Å². The van der Waals surface area contributed by atoms with E-state index in [0.717, 1.165) is 5.56 Å². The molecule has 2 N–H and O–H groups in total. The molecule has 5 nitrogen and oxygen atoms in total. The van der Waals surface area contributed by atoms with Gasteiger partial charge in [0.2, 0.25) is 0 Å². The molecule has 1 heterocycles. The van der Waals surface area contributed by atoms with Gasteiger partial charge in [0.15, 0.2) is 0 Å². The van der Waals surface area contributed by atoms with Gasteiger partial charge in [-0.3, -0.25) is 4.79 Å². The number of nitrogens with zero attached hydrogens (tertiary/aromatic N) is 1. The van der Waals surface area contributed by atoms with E-state index in [4.69, 9.17) is 4.74 Å². The van der Waals surface area contributed by atoms with Crippen molar-refractivity contribution in [3.63, 3.8) is 0 Å². The zero-order valence-electron chi connectivity index (χ0n) is 9.30. The highest BCUT2D eigenvalue weighted by atomic mass is 16.5. The first-order chi connectivity index (χ1) is 8.19. The third-order valence-corrected chi connectivity index (χ3v) is 2.37. The van der Waals surface area contributed by atoms with Crippen molar-refractivity contribution < 1.29 is 9.84 Å². The highest BCUT2D eigenvalue weighted by Crippen LogP contribution is 2.24. The molecule has 0 bridgehead atoms. The number of methoxy groups -OCH3 is 1. The molecule has 0 aliphatic carbocycles. The number of phenolic OH excluding ortho intramolecular Hbond substituents is 1. The summed E-state index contributed by atoms with van der Waals surface area (Å²) in [5, 5.41) is 15.7. The van der Waals surface area contributed by atoms with Crippen molar-refractivity contribution in [2.45, 2.75) is 6.42 Å². The molecule has 0 radical (unpaired) electrons. The topological polar surface area (TPSA) is 75.2 Å². The Bertz CT molecular complexity index is 558. The minimum atomic E-state index is -0.239. The molecule has 17 heavy (non-hydrogen) atoms. The molecule has 0 fully saturated rings. The number of aromatic nitrogens is 2. The molecular weight excluding hydrogens is 220 g/mol. The van der Waals surface area contributed by atoms with Gasteiger partial charge in [0, 0.05) is 18.1 Å². The van der Waals surface area contributed by atoms with Gasteiger partial charge >= 0.3 is 0 Å². The second kappa shape index (κ2) is 4.69. The Morgan fingerprint density at radius 3 is 2.82 bits per heavy atom. The fourth-order valence-corrected chi connectivity index (χ4v) is 1.57. The van der Waals surface area contributed by atoms with E-state index in [1.807, 2.05) is 0 Å². The Morgan fingerprint density at radius 1 is 1.35 bits per heavy atom. The summed E-state index contributed by atoms with van der Waals surface area (Å²) in [6.45, 7) is 0. The molecule has 1 aromatic heterocycles. The minimum Gasteiger partial charge on any atom is -0.508 e. The predicted molar refractivity (Wildman–Crippen MR) is 62.3 cm³/mol. The molecule has 0 amide bonds. The SMILES string of the molecule is COc1ccc(O)cc1Cc1ccc(=O)[nH]n1. The number of benzene rings is 1. The molecule has 5 heteroatoms. The van der Waals surface area contributed by atoms with Crippen molar-refractivity contribution in [2.75, 3.05) is 7.11 Å². The first-order valence-corrected chi connectivity index (χ1v) is 5.09. The average Bonchev–Trinajstić information content (AvgIpc) is 2.32. The summed E-state index contributed by atoms with van der Waals surface area (Å²) in [6.07, 6.45) is 0.481. The van der Waals surface area contributed by atoms with Crippen LogP contribution in [0.4, 0.5) is 0 Å². The third-order valence-electron chi connectivity index (χ3n) is 2.37.